The molecule has 7 heteroatoms. The summed E-state index contributed by atoms with van der Waals surface area (Å²) in [6.45, 7) is 2.07. The van der Waals surface area contributed by atoms with Crippen molar-refractivity contribution in [2.24, 2.45) is 11.3 Å². The molecule has 1 atom stereocenters. The minimum atomic E-state index is 0. The van der Waals surface area contributed by atoms with E-state index in [0.717, 1.165) is 49.4 Å². The van der Waals surface area contributed by atoms with Crippen molar-refractivity contribution in [3.63, 3.8) is 0 Å². The molecule has 1 spiro atoms. The molecule has 6 nitrogen and oxygen atoms in total. The number of carbonyl (C=O) groups is 1. The lowest BCUT2D eigenvalue weighted by Crippen LogP contribution is -2.31. The Balaban J connectivity index is 0.00000168. The van der Waals surface area contributed by atoms with Gasteiger partial charge in [0.25, 0.3) is 0 Å². The number of aromatic nitrogens is 3. The van der Waals surface area contributed by atoms with Crippen LogP contribution in [0.2, 0.25) is 0 Å². The highest BCUT2D eigenvalue weighted by atomic mass is 35.5. The first-order valence-electron chi connectivity index (χ1n) is 9.28. The first-order valence-corrected chi connectivity index (χ1v) is 9.28. The number of rotatable bonds is 4. The third-order valence-electron chi connectivity index (χ3n) is 5.96. The summed E-state index contributed by atoms with van der Waals surface area (Å²) in [6.07, 6.45) is 5.66. The van der Waals surface area contributed by atoms with E-state index in [0.29, 0.717) is 11.7 Å². The summed E-state index contributed by atoms with van der Waals surface area (Å²) >= 11 is 0. The molecule has 2 heterocycles. The number of H-pyrrole nitrogens is 1. The minimum absolute atomic E-state index is 0. The van der Waals surface area contributed by atoms with Crippen molar-refractivity contribution in [2.75, 3.05) is 18.4 Å². The van der Waals surface area contributed by atoms with Gasteiger partial charge in [0, 0.05) is 23.1 Å². The quantitative estimate of drug-likeness (QED) is 0.769. The van der Waals surface area contributed by atoms with Gasteiger partial charge in [-0.1, -0.05) is 12.1 Å². The first kappa shape index (κ1) is 17.5. The third kappa shape index (κ3) is 3.23. The van der Waals surface area contributed by atoms with E-state index in [-0.39, 0.29) is 29.6 Å². The van der Waals surface area contributed by atoms with Crippen LogP contribution in [0.5, 0.6) is 0 Å². The number of hydrogen-bond acceptors (Lipinski definition) is 4. The van der Waals surface area contributed by atoms with Gasteiger partial charge in [-0.2, -0.15) is 5.10 Å². The molecule has 1 unspecified atom stereocenters. The summed E-state index contributed by atoms with van der Waals surface area (Å²) in [6, 6.07) is 7.84. The molecule has 1 aromatic heterocycles. The lowest BCUT2D eigenvalue weighted by Gasteiger charge is -2.23. The molecule has 26 heavy (non-hydrogen) atoms. The summed E-state index contributed by atoms with van der Waals surface area (Å²) in [4.78, 5) is 17.2. The lowest BCUT2D eigenvalue weighted by atomic mass is 9.92. The fourth-order valence-corrected chi connectivity index (χ4v) is 4.10. The van der Waals surface area contributed by atoms with Crippen LogP contribution >= 0.6 is 12.4 Å². The Morgan fingerprint density at radius 3 is 2.81 bits per heavy atom. The fourth-order valence-electron chi connectivity index (χ4n) is 4.10. The summed E-state index contributed by atoms with van der Waals surface area (Å²) < 4.78 is 0. The van der Waals surface area contributed by atoms with Crippen molar-refractivity contribution >= 4 is 24.0 Å². The van der Waals surface area contributed by atoms with E-state index in [4.69, 9.17) is 0 Å². The Morgan fingerprint density at radius 1 is 1.23 bits per heavy atom. The van der Waals surface area contributed by atoms with E-state index < -0.39 is 0 Å². The van der Waals surface area contributed by atoms with E-state index in [2.05, 4.69) is 25.8 Å². The van der Waals surface area contributed by atoms with E-state index in [1.54, 1.807) is 0 Å². The maximum absolute atomic E-state index is 12.6. The molecule has 2 aromatic rings. The monoisotopic (exact) mass is 373 g/mol. The van der Waals surface area contributed by atoms with Crippen LogP contribution in [0.4, 0.5) is 5.69 Å². The predicted molar refractivity (Wildman–Crippen MR) is 102 cm³/mol. The summed E-state index contributed by atoms with van der Waals surface area (Å²) in [5.41, 5.74) is 2.03. The Bertz CT molecular complexity index is 810. The Labute approximate surface area is 159 Å². The largest absolute Gasteiger partial charge is 0.326 e. The van der Waals surface area contributed by atoms with Gasteiger partial charge in [-0.15, -0.1) is 12.4 Å². The van der Waals surface area contributed by atoms with E-state index >= 15 is 0 Å². The van der Waals surface area contributed by atoms with Crippen molar-refractivity contribution in [3.05, 3.63) is 30.1 Å². The van der Waals surface area contributed by atoms with Gasteiger partial charge < -0.3 is 10.6 Å². The number of nitrogens with one attached hydrogen (secondary N) is 3. The van der Waals surface area contributed by atoms with Gasteiger partial charge in [0.05, 0.1) is 0 Å². The molecule has 1 aromatic carbocycles. The van der Waals surface area contributed by atoms with Crippen LogP contribution in [0.3, 0.4) is 0 Å². The van der Waals surface area contributed by atoms with Crippen molar-refractivity contribution in [2.45, 2.75) is 38.0 Å². The Hall–Kier alpha value is -1.92. The second-order valence-corrected chi connectivity index (χ2v) is 7.76. The predicted octanol–water partition coefficient (Wildman–Crippen LogP) is 3.10. The van der Waals surface area contributed by atoms with Gasteiger partial charge in [0.2, 0.25) is 5.91 Å². The van der Waals surface area contributed by atoms with Crippen molar-refractivity contribution < 1.29 is 4.79 Å². The van der Waals surface area contributed by atoms with Gasteiger partial charge in [-0.05, 0) is 62.7 Å². The number of nitrogens with zero attached hydrogens (tertiary/aromatic N) is 2. The number of benzene rings is 1. The van der Waals surface area contributed by atoms with Gasteiger partial charge in [-0.25, -0.2) is 4.98 Å². The zero-order valence-corrected chi connectivity index (χ0v) is 15.4. The van der Waals surface area contributed by atoms with Crippen molar-refractivity contribution in [3.8, 4) is 11.4 Å². The molecule has 0 radical (unpaired) electrons. The minimum Gasteiger partial charge on any atom is -0.326 e. The second-order valence-electron chi connectivity index (χ2n) is 7.76. The van der Waals surface area contributed by atoms with Crippen LogP contribution in [0.15, 0.2) is 24.3 Å². The summed E-state index contributed by atoms with van der Waals surface area (Å²) in [5, 5.41) is 13.9. The van der Waals surface area contributed by atoms with Crippen LogP contribution in [-0.4, -0.2) is 34.2 Å². The number of carbonyl (C=O) groups excluding carboxylic acids is 1. The molecule has 5 rings (SSSR count). The molecule has 3 fully saturated rings. The first-order chi connectivity index (χ1) is 12.2. The lowest BCUT2D eigenvalue weighted by molar-refractivity contribution is -0.118. The second kappa shape index (κ2) is 6.67. The molecule has 3 aliphatic rings. The highest BCUT2D eigenvalue weighted by Gasteiger charge is 2.57. The number of amides is 1. The maximum atomic E-state index is 12.6. The molecule has 1 saturated heterocycles. The van der Waals surface area contributed by atoms with Crippen molar-refractivity contribution in [1.82, 2.24) is 20.5 Å². The topological polar surface area (TPSA) is 82.7 Å². The molecule has 2 aliphatic carbocycles. The average Bonchev–Trinajstić information content (AvgIpc) is 3.55. The number of halogens is 1. The molecule has 3 N–H and O–H groups in total. The smallest absolute Gasteiger partial charge is 0.228 e. The van der Waals surface area contributed by atoms with E-state index in [1.165, 1.54) is 12.8 Å². The van der Waals surface area contributed by atoms with Crippen LogP contribution in [0.25, 0.3) is 11.4 Å². The van der Waals surface area contributed by atoms with E-state index in [9.17, 15) is 4.79 Å². The molecular weight excluding hydrogens is 350 g/mol. The highest BCUT2D eigenvalue weighted by molar-refractivity contribution is 5.95. The normalized spacial score (nSPS) is 23.3. The summed E-state index contributed by atoms with van der Waals surface area (Å²) in [5.74, 6) is 2.57. The zero-order valence-electron chi connectivity index (χ0n) is 14.6. The van der Waals surface area contributed by atoms with Crippen LogP contribution in [-0.2, 0) is 4.79 Å². The fraction of sp³-hybridized carbons (Fsp3) is 0.526. The standard InChI is InChI=1S/C19H23N5O.ClH/c25-18(15-11-19(15)6-8-20-9-7-19)21-14-3-1-2-13(10-14)17-22-16(23-24-17)12-4-5-12;/h1-3,10,12,15,20H,4-9,11H2,(H,21,25)(H,22,23,24);1H. The molecular formula is C19H24ClN5O. The van der Waals surface area contributed by atoms with Crippen LogP contribution < -0.4 is 10.6 Å². The third-order valence-corrected chi connectivity index (χ3v) is 5.96. The zero-order chi connectivity index (χ0) is 16.9. The Morgan fingerprint density at radius 2 is 2.04 bits per heavy atom. The molecule has 1 amide bonds. The number of hydrogen-bond donors (Lipinski definition) is 3. The Kier molecular flexibility index (Phi) is 4.49. The van der Waals surface area contributed by atoms with Gasteiger partial charge in [0.1, 0.15) is 5.82 Å². The molecule has 138 valence electrons. The summed E-state index contributed by atoms with van der Waals surface area (Å²) in [7, 11) is 0. The van der Waals surface area contributed by atoms with Crippen LogP contribution in [0, 0.1) is 11.3 Å². The van der Waals surface area contributed by atoms with E-state index in [1.807, 2.05) is 24.3 Å². The van der Waals surface area contributed by atoms with Gasteiger partial charge in [0.15, 0.2) is 5.82 Å². The molecule has 0 bridgehead atoms. The highest BCUT2D eigenvalue weighted by Crippen LogP contribution is 2.58. The number of anilines is 1. The van der Waals surface area contributed by atoms with Crippen LogP contribution in [0.1, 0.15) is 43.8 Å². The number of piperidine rings is 1. The average molecular weight is 374 g/mol. The SMILES string of the molecule is Cl.O=C(Nc1cccc(-c2n[nH]c(C3CC3)n2)c1)C1CC12CCNCC2. The molecule has 2 saturated carbocycles. The van der Waals surface area contributed by atoms with Crippen molar-refractivity contribution in [1.29, 1.82) is 0 Å². The maximum Gasteiger partial charge on any atom is 0.228 e. The van der Waals surface area contributed by atoms with Gasteiger partial charge in [-0.3, -0.25) is 9.89 Å². The van der Waals surface area contributed by atoms with Gasteiger partial charge >= 0.3 is 0 Å². The number of aromatic amines is 1. The molecule has 1 aliphatic heterocycles.